The maximum Gasteiger partial charge on any atom is 0.280 e. The molecule has 0 spiro atoms. The van der Waals surface area contributed by atoms with Crippen LogP contribution in [-0.4, -0.2) is 64.8 Å². The number of nitrogens with zero attached hydrogens (tertiary/aromatic N) is 3. The standard InChI is InChI=1S/C14H23N5O5/c1-8(9(6-20)23-3)13(24-5-4-22-2)19-7-16-10-11(19)17-14(15)18-12(10)21/h7-9,13,20H,4-6H2,1-3H3,(H3,15,17,18,21). The summed E-state index contributed by atoms with van der Waals surface area (Å²) in [4.78, 5) is 22.6. The lowest BCUT2D eigenvalue weighted by Crippen LogP contribution is -2.34. The molecule has 0 saturated carbocycles. The number of aromatic nitrogens is 4. The first kappa shape index (κ1) is 18.3. The van der Waals surface area contributed by atoms with E-state index in [0.29, 0.717) is 18.9 Å². The average molecular weight is 341 g/mol. The maximum absolute atomic E-state index is 11.9. The van der Waals surface area contributed by atoms with Crippen molar-refractivity contribution >= 4 is 17.1 Å². The largest absolute Gasteiger partial charge is 0.394 e. The number of imidazole rings is 1. The van der Waals surface area contributed by atoms with Crippen molar-refractivity contribution in [3.8, 4) is 0 Å². The summed E-state index contributed by atoms with van der Waals surface area (Å²) in [6.45, 7) is 2.39. The summed E-state index contributed by atoms with van der Waals surface area (Å²) in [6, 6.07) is 0. The molecule has 2 aromatic rings. The molecular weight excluding hydrogens is 318 g/mol. The number of rotatable bonds is 9. The van der Waals surface area contributed by atoms with Gasteiger partial charge in [-0.25, -0.2) is 4.98 Å². The molecule has 0 aliphatic heterocycles. The highest BCUT2D eigenvalue weighted by Crippen LogP contribution is 2.26. The van der Waals surface area contributed by atoms with Gasteiger partial charge in [-0.05, 0) is 0 Å². The van der Waals surface area contributed by atoms with Crippen LogP contribution in [0.2, 0.25) is 0 Å². The van der Waals surface area contributed by atoms with Crippen LogP contribution in [0.1, 0.15) is 13.2 Å². The Hall–Kier alpha value is -2.01. The Kier molecular flexibility index (Phi) is 6.26. The molecule has 0 fully saturated rings. The van der Waals surface area contributed by atoms with Crippen LogP contribution in [0.4, 0.5) is 5.95 Å². The highest BCUT2D eigenvalue weighted by molar-refractivity contribution is 5.70. The zero-order valence-corrected chi connectivity index (χ0v) is 13.9. The molecule has 134 valence electrons. The number of aliphatic hydroxyl groups excluding tert-OH is 1. The van der Waals surface area contributed by atoms with E-state index in [4.69, 9.17) is 19.9 Å². The van der Waals surface area contributed by atoms with E-state index in [0.717, 1.165) is 0 Å². The SMILES string of the molecule is COCCOC(C(C)C(CO)OC)n1cnc2c(=O)[nH]c(N)nc21. The lowest BCUT2D eigenvalue weighted by Gasteiger charge is -2.30. The van der Waals surface area contributed by atoms with Gasteiger partial charge in [0.25, 0.3) is 5.56 Å². The maximum atomic E-state index is 11.9. The molecule has 10 heteroatoms. The van der Waals surface area contributed by atoms with Gasteiger partial charge in [0, 0.05) is 20.1 Å². The topological polar surface area (TPSA) is 138 Å². The Balaban J connectivity index is 2.44. The van der Waals surface area contributed by atoms with Crippen molar-refractivity contribution in [2.45, 2.75) is 19.3 Å². The zero-order valence-electron chi connectivity index (χ0n) is 13.9. The fourth-order valence-electron chi connectivity index (χ4n) is 2.51. The molecule has 3 atom stereocenters. The van der Waals surface area contributed by atoms with Gasteiger partial charge in [0.2, 0.25) is 5.95 Å². The number of fused-ring (bicyclic) bond motifs is 1. The summed E-state index contributed by atoms with van der Waals surface area (Å²) in [5.74, 6) is -0.264. The molecule has 2 heterocycles. The van der Waals surface area contributed by atoms with Gasteiger partial charge >= 0.3 is 0 Å². The molecule has 0 aliphatic rings. The van der Waals surface area contributed by atoms with E-state index in [9.17, 15) is 9.90 Å². The summed E-state index contributed by atoms with van der Waals surface area (Å²) in [7, 11) is 3.08. The summed E-state index contributed by atoms with van der Waals surface area (Å²) in [5.41, 5.74) is 5.67. The van der Waals surface area contributed by atoms with Crippen LogP contribution >= 0.6 is 0 Å². The molecule has 2 rings (SSSR count). The van der Waals surface area contributed by atoms with Crippen molar-refractivity contribution in [3.05, 3.63) is 16.7 Å². The molecule has 0 amide bonds. The van der Waals surface area contributed by atoms with E-state index in [1.165, 1.54) is 13.4 Å². The summed E-state index contributed by atoms with van der Waals surface area (Å²) in [5, 5.41) is 9.50. The number of nitrogen functional groups attached to an aromatic ring is 1. The number of aromatic amines is 1. The Bertz CT molecular complexity index is 711. The molecule has 10 nitrogen and oxygen atoms in total. The Morgan fingerprint density at radius 3 is 2.79 bits per heavy atom. The summed E-state index contributed by atoms with van der Waals surface area (Å²) < 4.78 is 17.8. The van der Waals surface area contributed by atoms with Crippen molar-refractivity contribution in [2.24, 2.45) is 5.92 Å². The number of hydrogen-bond acceptors (Lipinski definition) is 8. The quantitative estimate of drug-likeness (QED) is 0.519. The third-order valence-electron chi connectivity index (χ3n) is 3.82. The highest BCUT2D eigenvalue weighted by Gasteiger charge is 2.29. The predicted molar refractivity (Wildman–Crippen MR) is 86.5 cm³/mol. The van der Waals surface area contributed by atoms with Gasteiger partial charge in [-0.1, -0.05) is 6.92 Å². The van der Waals surface area contributed by atoms with Crippen LogP contribution in [0.5, 0.6) is 0 Å². The molecule has 4 N–H and O–H groups in total. The van der Waals surface area contributed by atoms with Crippen molar-refractivity contribution in [3.63, 3.8) is 0 Å². The number of hydrogen-bond donors (Lipinski definition) is 3. The molecule has 0 bridgehead atoms. The second-order valence-electron chi connectivity index (χ2n) is 5.35. The van der Waals surface area contributed by atoms with Gasteiger partial charge in [0.1, 0.15) is 6.23 Å². The van der Waals surface area contributed by atoms with Crippen molar-refractivity contribution in [2.75, 3.05) is 39.8 Å². The van der Waals surface area contributed by atoms with Crippen LogP contribution < -0.4 is 11.3 Å². The van der Waals surface area contributed by atoms with Crippen molar-refractivity contribution in [1.29, 1.82) is 0 Å². The minimum Gasteiger partial charge on any atom is -0.394 e. The number of anilines is 1. The zero-order chi connectivity index (χ0) is 17.7. The monoisotopic (exact) mass is 341 g/mol. The third kappa shape index (κ3) is 3.73. The van der Waals surface area contributed by atoms with E-state index in [1.807, 2.05) is 6.92 Å². The van der Waals surface area contributed by atoms with Crippen LogP contribution in [0, 0.1) is 5.92 Å². The lowest BCUT2D eigenvalue weighted by atomic mass is 10.0. The number of nitrogens with one attached hydrogen (secondary N) is 1. The number of nitrogens with two attached hydrogens (primary N) is 1. The van der Waals surface area contributed by atoms with Gasteiger partial charge in [-0.15, -0.1) is 0 Å². The first-order valence-electron chi connectivity index (χ1n) is 7.50. The normalized spacial score (nSPS) is 15.5. The van der Waals surface area contributed by atoms with Crippen molar-refractivity contribution in [1.82, 2.24) is 19.5 Å². The van der Waals surface area contributed by atoms with Gasteiger partial charge in [0.15, 0.2) is 11.2 Å². The molecule has 2 aromatic heterocycles. The first-order chi connectivity index (χ1) is 11.5. The molecule has 3 unspecified atom stereocenters. The smallest absolute Gasteiger partial charge is 0.280 e. The minimum atomic E-state index is -0.573. The lowest BCUT2D eigenvalue weighted by molar-refractivity contribution is -0.101. The molecule has 0 radical (unpaired) electrons. The summed E-state index contributed by atoms with van der Waals surface area (Å²) in [6.07, 6.45) is 0.426. The molecule has 0 saturated heterocycles. The molecular formula is C14H23N5O5. The number of aliphatic hydroxyl groups is 1. The molecule has 24 heavy (non-hydrogen) atoms. The highest BCUT2D eigenvalue weighted by atomic mass is 16.5. The average Bonchev–Trinajstić information content (AvgIpc) is 2.96. The fraction of sp³-hybridized carbons (Fsp3) is 0.643. The van der Waals surface area contributed by atoms with Gasteiger partial charge in [-0.3, -0.25) is 14.3 Å². The second-order valence-corrected chi connectivity index (χ2v) is 5.35. The molecule has 0 aliphatic carbocycles. The van der Waals surface area contributed by atoms with Crippen molar-refractivity contribution < 1.29 is 19.3 Å². The number of ether oxygens (including phenoxy) is 3. The Morgan fingerprint density at radius 2 is 2.17 bits per heavy atom. The summed E-state index contributed by atoms with van der Waals surface area (Å²) >= 11 is 0. The van der Waals surface area contributed by atoms with Gasteiger partial charge in [-0.2, -0.15) is 4.98 Å². The third-order valence-corrected chi connectivity index (χ3v) is 3.82. The van der Waals surface area contributed by atoms with E-state index in [2.05, 4.69) is 15.0 Å². The van der Waals surface area contributed by atoms with Gasteiger partial charge < -0.3 is 25.1 Å². The molecule has 0 aromatic carbocycles. The first-order valence-corrected chi connectivity index (χ1v) is 7.50. The van der Waals surface area contributed by atoms with E-state index in [-0.39, 0.29) is 24.0 Å². The van der Waals surface area contributed by atoms with Crippen LogP contribution in [0.25, 0.3) is 11.2 Å². The van der Waals surface area contributed by atoms with Crippen LogP contribution in [-0.2, 0) is 14.2 Å². The van der Waals surface area contributed by atoms with Crippen LogP contribution in [0.3, 0.4) is 0 Å². The van der Waals surface area contributed by atoms with E-state index < -0.39 is 17.9 Å². The van der Waals surface area contributed by atoms with E-state index >= 15 is 0 Å². The second kappa shape index (κ2) is 8.20. The van der Waals surface area contributed by atoms with Crippen LogP contribution in [0.15, 0.2) is 11.1 Å². The Labute approximate surface area is 138 Å². The predicted octanol–water partition coefficient (Wildman–Crippen LogP) is -0.493. The van der Waals surface area contributed by atoms with Gasteiger partial charge in [0.05, 0.1) is 32.3 Å². The Morgan fingerprint density at radius 1 is 1.42 bits per heavy atom. The number of H-pyrrole nitrogens is 1. The minimum absolute atomic E-state index is 0.0111. The van der Waals surface area contributed by atoms with E-state index in [1.54, 1.807) is 11.7 Å². The fourth-order valence-corrected chi connectivity index (χ4v) is 2.51. The number of methoxy groups -OCH3 is 2.